The molecule has 1 unspecified atom stereocenters. The fourth-order valence-electron chi connectivity index (χ4n) is 2.87. The van der Waals surface area contributed by atoms with Crippen molar-refractivity contribution in [2.24, 2.45) is 0 Å². The summed E-state index contributed by atoms with van der Waals surface area (Å²) < 4.78 is 10.9. The van der Waals surface area contributed by atoms with E-state index in [0.717, 1.165) is 10.9 Å². The molecule has 1 atom stereocenters. The van der Waals surface area contributed by atoms with Crippen LogP contribution >= 0.6 is 0 Å². The van der Waals surface area contributed by atoms with E-state index in [0.29, 0.717) is 24.7 Å². The van der Waals surface area contributed by atoms with Gasteiger partial charge in [0.2, 0.25) is 0 Å². The van der Waals surface area contributed by atoms with Gasteiger partial charge < -0.3 is 20.1 Å². The molecule has 140 valence electrons. The minimum atomic E-state index is -0.223. The Morgan fingerprint density at radius 3 is 2.44 bits per heavy atom. The van der Waals surface area contributed by atoms with E-state index in [1.54, 1.807) is 7.11 Å². The van der Waals surface area contributed by atoms with Crippen LogP contribution in [0.1, 0.15) is 18.5 Å². The number of amides is 2. The van der Waals surface area contributed by atoms with E-state index in [4.69, 9.17) is 9.47 Å². The number of urea groups is 1. The van der Waals surface area contributed by atoms with E-state index in [9.17, 15) is 4.79 Å². The largest absolute Gasteiger partial charge is 0.493 e. The molecule has 0 aliphatic rings. The van der Waals surface area contributed by atoms with Gasteiger partial charge in [0, 0.05) is 0 Å². The molecule has 3 aromatic carbocycles. The molecule has 0 fully saturated rings. The third kappa shape index (κ3) is 4.91. The molecule has 0 saturated carbocycles. The maximum atomic E-state index is 12.1. The van der Waals surface area contributed by atoms with Crippen LogP contribution in [0, 0.1) is 0 Å². The van der Waals surface area contributed by atoms with Crippen molar-refractivity contribution < 1.29 is 14.3 Å². The number of rotatable bonds is 7. The number of hydrogen-bond donors (Lipinski definition) is 2. The Bertz CT molecular complexity index is 911. The van der Waals surface area contributed by atoms with Crippen LogP contribution in [0.25, 0.3) is 10.8 Å². The average Bonchev–Trinajstić information content (AvgIpc) is 2.71. The van der Waals surface area contributed by atoms with Crippen LogP contribution in [0.4, 0.5) is 4.79 Å². The first kappa shape index (κ1) is 18.6. The second kappa shape index (κ2) is 8.94. The van der Waals surface area contributed by atoms with E-state index >= 15 is 0 Å². The van der Waals surface area contributed by atoms with Gasteiger partial charge in [-0.25, -0.2) is 4.79 Å². The minimum absolute atomic E-state index is 0.0928. The zero-order valence-corrected chi connectivity index (χ0v) is 15.6. The van der Waals surface area contributed by atoms with Gasteiger partial charge in [-0.05, 0) is 41.5 Å². The van der Waals surface area contributed by atoms with Gasteiger partial charge in [-0.1, -0.05) is 48.5 Å². The third-order valence-electron chi connectivity index (χ3n) is 4.34. The Morgan fingerprint density at radius 2 is 1.67 bits per heavy atom. The van der Waals surface area contributed by atoms with E-state index in [-0.39, 0.29) is 12.1 Å². The second-order valence-electron chi connectivity index (χ2n) is 6.23. The van der Waals surface area contributed by atoms with Crippen LogP contribution in [0.2, 0.25) is 0 Å². The molecule has 0 spiro atoms. The molecule has 0 aliphatic heterocycles. The molecule has 5 heteroatoms. The second-order valence-corrected chi connectivity index (χ2v) is 6.23. The molecule has 0 heterocycles. The Labute approximate surface area is 159 Å². The lowest BCUT2D eigenvalue weighted by Crippen LogP contribution is -2.39. The van der Waals surface area contributed by atoms with E-state index in [1.165, 1.54) is 5.39 Å². The number of hydrogen-bond acceptors (Lipinski definition) is 3. The number of nitrogens with one attached hydrogen (secondary N) is 2. The molecule has 0 bridgehead atoms. The lowest BCUT2D eigenvalue weighted by Gasteiger charge is -2.16. The Balaban J connectivity index is 1.47. The number of ether oxygens (including phenoxy) is 2. The molecule has 3 rings (SSSR count). The molecule has 3 aromatic rings. The highest BCUT2D eigenvalue weighted by Gasteiger charge is 2.10. The fourth-order valence-corrected chi connectivity index (χ4v) is 2.87. The van der Waals surface area contributed by atoms with Crippen molar-refractivity contribution >= 4 is 16.8 Å². The van der Waals surface area contributed by atoms with Gasteiger partial charge in [0.15, 0.2) is 11.5 Å². The number of benzene rings is 3. The molecule has 27 heavy (non-hydrogen) atoms. The number of carbonyl (C=O) groups excluding carboxylic acids is 1. The summed E-state index contributed by atoms with van der Waals surface area (Å²) in [6.45, 7) is 2.72. The number of carbonyl (C=O) groups is 1. The highest BCUT2D eigenvalue weighted by molar-refractivity contribution is 5.83. The molecular weight excluding hydrogens is 340 g/mol. The molecule has 0 radical (unpaired) electrons. The maximum absolute atomic E-state index is 12.1. The van der Waals surface area contributed by atoms with Gasteiger partial charge in [-0.2, -0.15) is 0 Å². The quantitative estimate of drug-likeness (QED) is 0.615. The van der Waals surface area contributed by atoms with Crippen molar-refractivity contribution in [3.8, 4) is 11.5 Å². The lowest BCUT2D eigenvalue weighted by atomic mass is 10.0. The lowest BCUT2D eigenvalue weighted by molar-refractivity contribution is 0.233. The molecule has 2 amide bonds. The first-order chi connectivity index (χ1) is 13.2. The third-order valence-corrected chi connectivity index (χ3v) is 4.34. The van der Waals surface area contributed by atoms with Crippen LogP contribution in [0.3, 0.4) is 0 Å². The van der Waals surface area contributed by atoms with E-state index in [2.05, 4.69) is 34.9 Å². The number of fused-ring (bicyclic) bond motifs is 1. The maximum Gasteiger partial charge on any atom is 0.315 e. The highest BCUT2D eigenvalue weighted by Crippen LogP contribution is 2.25. The topological polar surface area (TPSA) is 59.6 Å². The summed E-state index contributed by atoms with van der Waals surface area (Å²) in [5.41, 5.74) is 1.06. The SMILES string of the molecule is COc1ccccc1OCCNC(=O)NC(C)c1ccc2ccccc2c1. The average molecular weight is 364 g/mol. The van der Waals surface area contributed by atoms with E-state index < -0.39 is 0 Å². The monoisotopic (exact) mass is 364 g/mol. The van der Waals surface area contributed by atoms with Crippen LogP contribution in [0.5, 0.6) is 11.5 Å². The van der Waals surface area contributed by atoms with Crippen LogP contribution in [-0.4, -0.2) is 26.3 Å². The molecule has 0 aromatic heterocycles. The summed E-state index contributed by atoms with van der Waals surface area (Å²) in [4.78, 5) is 12.1. The van der Waals surface area contributed by atoms with Gasteiger partial charge in [0.05, 0.1) is 19.7 Å². The molecule has 0 aliphatic carbocycles. The number of methoxy groups -OCH3 is 1. The zero-order chi connectivity index (χ0) is 19.1. The van der Waals surface area contributed by atoms with Crippen molar-refractivity contribution in [3.63, 3.8) is 0 Å². The van der Waals surface area contributed by atoms with Gasteiger partial charge in [0.25, 0.3) is 0 Å². The van der Waals surface area contributed by atoms with Gasteiger partial charge in [0.1, 0.15) is 6.61 Å². The van der Waals surface area contributed by atoms with Gasteiger partial charge in [-0.15, -0.1) is 0 Å². The summed E-state index contributed by atoms with van der Waals surface area (Å²) in [6, 6.07) is 21.5. The van der Waals surface area contributed by atoms with Crippen LogP contribution in [0.15, 0.2) is 66.7 Å². The van der Waals surface area contributed by atoms with Crippen LogP contribution in [-0.2, 0) is 0 Å². The number of para-hydroxylation sites is 2. The fraction of sp³-hybridized carbons (Fsp3) is 0.227. The van der Waals surface area contributed by atoms with E-state index in [1.807, 2.05) is 49.4 Å². The summed E-state index contributed by atoms with van der Waals surface area (Å²) in [7, 11) is 1.60. The van der Waals surface area contributed by atoms with Gasteiger partial charge >= 0.3 is 6.03 Å². The first-order valence-corrected chi connectivity index (χ1v) is 8.96. The predicted octanol–water partition coefficient (Wildman–Crippen LogP) is 4.29. The Hall–Kier alpha value is -3.21. The summed E-state index contributed by atoms with van der Waals surface area (Å²) in [6.07, 6.45) is 0. The molecule has 0 saturated heterocycles. The van der Waals surface area contributed by atoms with Gasteiger partial charge in [-0.3, -0.25) is 0 Å². The summed E-state index contributed by atoms with van der Waals surface area (Å²) in [5, 5.41) is 8.11. The molecular formula is C22H24N2O3. The Morgan fingerprint density at radius 1 is 0.963 bits per heavy atom. The standard InChI is InChI=1S/C22H24N2O3/c1-16(18-12-11-17-7-3-4-8-19(17)15-18)24-22(25)23-13-14-27-21-10-6-5-9-20(21)26-2/h3-12,15-16H,13-14H2,1-2H3,(H2,23,24,25). The normalized spacial score (nSPS) is 11.6. The van der Waals surface area contributed by atoms with Crippen molar-refractivity contribution in [1.29, 1.82) is 0 Å². The van der Waals surface area contributed by atoms with Crippen molar-refractivity contribution in [1.82, 2.24) is 10.6 Å². The summed E-state index contributed by atoms with van der Waals surface area (Å²) in [5.74, 6) is 1.33. The van der Waals surface area contributed by atoms with Crippen molar-refractivity contribution in [2.45, 2.75) is 13.0 Å². The first-order valence-electron chi connectivity index (χ1n) is 8.96. The smallest absolute Gasteiger partial charge is 0.315 e. The Kier molecular flexibility index (Phi) is 6.15. The predicted molar refractivity (Wildman–Crippen MR) is 107 cm³/mol. The van der Waals surface area contributed by atoms with Crippen molar-refractivity contribution in [2.75, 3.05) is 20.3 Å². The molecule has 5 nitrogen and oxygen atoms in total. The highest BCUT2D eigenvalue weighted by atomic mass is 16.5. The zero-order valence-electron chi connectivity index (χ0n) is 15.6. The van der Waals surface area contributed by atoms with Crippen molar-refractivity contribution in [3.05, 3.63) is 72.3 Å². The summed E-state index contributed by atoms with van der Waals surface area (Å²) >= 11 is 0. The van der Waals surface area contributed by atoms with Crippen LogP contribution < -0.4 is 20.1 Å². The molecule has 2 N–H and O–H groups in total. The minimum Gasteiger partial charge on any atom is -0.493 e.